The molecule has 1 fully saturated rings. The van der Waals surface area contributed by atoms with Gasteiger partial charge in [-0.25, -0.2) is 0 Å². The van der Waals surface area contributed by atoms with Crippen LogP contribution in [0.1, 0.15) is 17.3 Å². The van der Waals surface area contributed by atoms with Crippen LogP contribution >= 0.6 is 0 Å². The average molecular weight is 249 g/mol. The summed E-state index contributed by atoms with van der Waals surface area (Å²) in [5.41, 5.74) is 0.611. The molecular formula is C14H19NO3. The second kappa shape index (κ2) is 5.98. The molecule has 0 spiro atoms. The third kappa shape index (κ3) is 2.89. The number of likely N-dealkylation sites (N-methyl/N-ethyl adjacent to an activating group) is 1. The topological polar surface area (TPSA) is 38.8 Å². The molecule has 1 aromatic rings. The molecule has 2 rings (SSSR count). The number of hydrogen-bond acceptors (Lipinski definition) is 4. The quantitative estimate of drug-likeness (QED) is 0.760. The van der Waals surface area contributed by atoms with E-state index in [9.17, 15) is 4.79 Å². The van der Waals surface area contributed by atoms with Crippen molar-refractivity contribution in [1.82, 2.24) is 4.90 Å². The van der Waals surface area contributed by atoms with E-state index in [0.717, 1.165) is 6.54 Å². The Morgan fingerprint density at radius 2 is 2.28 bits per heavy atom. The smallest absolute Gasteiger partial charge is 0.196 e. The summed E-state index contributed by atoms with van der Waals surface area (Å²) in [6.07, 6.45) is -0.384. The van der Waals surface area contributed by atoms with Gasteiger partial charge in [0.25, 0.3) is 0 Å². The summed E-state index contributed by atoms with van der Waals surface area (Å²) < 4.78 is 11.0. The van der Waals surface area contributed by atoms with Crippen molar-refractivity contribution in [2.24, 2.45) is 0 Å². The largest absolute Gasteiger partial charge is 0.493 e. The summed E-state index contributed by atoms with van der Waals surface area (Å²) in [6.45, 7) is 4.57. The number of benzene rings is 1. The number of ether oxygens (including phenoxy) is 2. The van der Waals surface area contributed by atoms with Gasteiger partial charge in [0.1, 0.15) is 11.9 Å². The van der Waals surface area contributed by atoms with E-state index in [0.29, 0.717) is 31.1 Å². The average Bonchev–Trinajstić information content (AvgIpc) is 2.39. The zero-order chi connectivity index (χ0) is 13.0. The van der Waals surface area contributed by atoms with Crippen LogP contribution in [0.5, 0.6) is 5.75 Å². The Labute approximate surface area is 107 Å². The predicted octanol–water partition coefficient (Wildman–Crippen LogP) is 1.60. The number of Topliss-reactive ketones (excluding diaryl/α,β-unsaturated/α-hetero) is 1. The number of carbonyl (C=O) groups excluding carboxylic acids is 1. The van der Waals surface area contributed by atoms with Gasteiger partial charge in [0.05, 0.1) is 18.8 Å². The molecule has 1 aliphatic rings. The van der Waals surface area contributed by atoms with Crippen LogP contribution in [0.3, 0.4) is 0 Å². The number of morpholine rings is 1. The van der Waals surface area contributed by atoms with Crippen molar-refractivity contribution >= 4 is 5.78 Å². The lowest BCUT2D eigenvalue weighted by molar-refractivity contribution is -0.00877. The maximum absolute atomic E-state index is 12.4. The van der Waals surface area contributed by atoms with Crippen molar-refractivity contribution in [3.63, 3.8) is 0 Å². The first kappa shape index (κ1) is 13.1. The van der Waals surface area contributed by atoms with Gasteiger partial charge in [0, 0.05) is 13.1 Å². The highest BCUT2D eigenvalue weighted by molar-refractivity contribution is 6.02. The molecule has 1 saturated heterocycles. The second-order valence-electron chi connectivity index (χ2n) is 4.42. The summed E-state index contributed by atoms with van der Waals surface area (Å²) in [4.78, 5) is 14.5. The second-order valence-corrected chi connectivity index (χ2v) is 4.42. The van der Waals surface area contributed by atoms with E-state index in [1.165, 1.54) is 0 Å². The van der Waals surface area contributed by atoms with Crippen LogP contribution in [0, 0.1) is 0 Å². The molecule has 4 nitrogen and oxygen atoms in total. The Bertz CT molecular complexity index is 419. The van der Waals surface area contributed by atoms with Crippen LogP contribution in [0.15, 0.2) is 24.3 Å². The van der Waals surface area contributed by atoms with E-state index >= 15 is 0 Å². The minimum atomic E-state index is -0.384. The van der Waals surface area contributed by atoms with Crippen LogP contribution < -0.4 is 4.74 Å². The lowest BCUT2D eigenvalue weighted by Gasteiger charge is -2.29. The number of rotatable bonds is 4. The van der Waals surface area contributed by atoms with Crippen LogP contribution in [-0.2, 0) is 4.74 Å². The summed E-state index contributed by atoms with van der Waals surface area (Å²) in [5, 5.41) is 0. The van der Waals surface area contributed by atoms with E-state index in [4.69, 9.17) is 9.47 Å². The molecule has 1 unspecified atom stereocenters. The van der Waals surface area contributed by atoms with E-state index in [2.05, 4.69) is 4.90 Å². The van der Waals surface area contributed by atoms with E-state index < -0.39 is 0 Å². The molecule has 4 heteroatoms. The summed E-state index contributed by atoms with van der Waals surface area (Å²) in [5.74, 6) is 0.646. The van der Waals surface area contributed by atoms with Crippen molar-refractivity contribution in [2.75, 3.05) is 33.4 Å². The fraction of sp³-hybridized carbons (Fsp3) is 0.500. The Kier molecular flexibility index (Phi) is 4.33. The van der Waals surface area contributed by atoms with Crippen LogP contribution in [-0.4, -0.2) is 50.1 Å². The standard InChI is InChI=1S/C14H19NO3/c1-3-17-12-7-5-4-6-11(12)14(16)13-10-15(2)8-9-18-13/h4-7,13H,3,8-10H2,1-2H3. The third-order valence-electron chi connectivity index (χ3n) is 3.01. The first-order valence-corrected chi connectivity index (χ1v) is 6.28. The summed E-state index contributed by atoms with van der Waals surface area (Å²) in [7, 11) is 2.00. The van der Waals surface area contributed by atoms with Crippen molar-refractivity contribution in [2.45, 2.75) is 13.0 Å². The van der Waals surface area contributed by atoms with Crippen molar-refractivity contribution in [3.05, 3.63) is 29.8 Å². The minimum absolute atomic E-state index is 0.00519. The summed E-state index contributed by atoms with van der Waals surface area (Å²) >= 11 is 0. The Hall–Kier alpha value is -1.39. The van der Waals surface area contributed by atoms with Crippen molar-refractivity contribution in [1.29, 1.82) is 0 Å². The van der Waals surface area contributed by atoms with Crippen molar-refractivity contribution in [3.8, 4) is 5.75 Å². The predicted molar refractivity (Wildman–Crippen MR) is 69.2 cm³/mol. The van der Waals surface area contributed by atoms with Gasteiger partial charge >= 0.3 is 0 Å². The molecule has 0 N–H and O–H groups in total. The number of para-hydroxylation sites is 1. The fourth-order valence-corrected chi connectivity index (χ4v) is 2.06. The van der Waals surface area contributed by atoms with E-state index in [1.807, 2.05) is 32.2 Å². The maximum Gasteiger partial charge on any atom is 0.196 e. The summed E-state index contributed by atoms with van der Waals surface area (Å²) in [6, 6.07) is 7.34. The Balaban J connectivity index is 2.17. The lowest BCUT2D eigenvalue weighted by atomic mass is 10.0. The van der Waals surface area contributed by atoms with Crippen LogP contribution in [0.2, 0.25) is 0 Å². The monoisotopic (exact) mass is 249 g/mol. The first-order valence-electron chi connectivity index (χ1n) is 6.28. The Morgan fingerprint density at radius 1 is 1.50 bits per heavy atom. The number of nitrogens with zero attached hydrogens (tertiary/aromatic N) is 1. The molecule has 0 bridgehead atoms. The lowest BCUT2D eigenvalue weighted by Crippen LogP contribution is -2.44. The Morgan fingerprint density at radius 3 is 3.00 bits per heavy atom. The highest BCUT2D eigenvalue weighted by Crippen LogP contribution is 2.21. The van der Waals surface area contributed by atoms with E-state index in [1.54, 1.807) is 6.07 Å². The number of ketones is 1. The number of carbonyl (C=O) groups is 1. The molecular weight excluding hydrogens is 230 g/mol. The molecule has 1 aliphatic heterocycles. The molecule has 98 valence electrons. The van der Waals surface area contributed by atoms with Gasteiger partial charge in [-0.3, -0.25) is 4.79 Å². The van der Waals surface area contributed by atoms with Crippen LogP contribution in [0.25, 0.3) is 0 Å². The normalized spacial score (nSPS) is 20.7. The molecule has 1 heterocycles. The molecule has 0 saturated carbocycles. The molecule has 0 amide bonds. The van der Waals surface area contributed by atoms with Gasteiger partial charge in [-0.15, -0.1) is 0 Å². The molecule has 18 heavy (non-hydrogen) atoms. The first-order chi connectivity index (χ1) is 8.72. The maximum atomic E-state index is 12.4. The fourth-order valence-electron chi connectivity index (χ4n) is 2.06. The third-order valence-corrected chi connectivity index (χ3v) is 3.01. The minimum Gasteiger partial charge on any atom is -0.493 e. The van der Waals surface area contributed by atoms with E-state index in [-0.39, 0.29) is 11.9 Å². The molecule has 0 aliphatic carbocycles. The zero-order valence-electron chi connectivity index (χ0n) is 10.9. The van der Waals surface area contributed by atoms with Gasteiger partial charge < -0.3 is 14.4 Å². The van der Waals surface area contributed by atoms with Gasteiger partial charge in [-0.1, -0.05) is 12.1 Å². The molecule has 0 aromatic heterocycles. The van der Waals surface area contributed by atoms with Crippen molar-refractivity contribution < 1.29 is 14.3 Å². The van der Waals surface area contributed by atoms with Gasteiger partial charge in [0.15, 0.2) is 5.78 Å². The van der Waals surface area contributed by atoms with Gasteiger partial charge in [-0.05, 0) is 26.1 Å². The van der Waals surface area contributed by atoms with Gasteiger partial charge in [-0.2, -0.15) is 0 Å². The van der Waals surface area contributed by atoms with Crippen LogP contribution in [0.4, 0.5) is 0 Å². The SMILES string of the molecule is CCOc1ccccc1C(=O)C1CN(C)CCO1. The molecule has 0 radical (unpaired) electrons. The van der Waals surface area contributed by atoms with Gasteiger partial charge in [0.2, 0.25) is 0 Å². The number of hydrogen-bond donors (Lipinski definition) is 0. The molecule has 1 atom stereocenters. The zero-order valence-corrected chi connectivity index (χ0v) is 10.9. The highest BCUT2D eigenvalue weighted by atomic mass is 16.5. The molecule has 1 aromatic carbocycles. The highest BCUT2D eigenvalue weighted by Gasteiger charge is 2.27.